The largest absolute Gasteiger partial charge is 0.481 e. The summed E-state index contributed by atoms with van der Waals surface area (Å²) in [6, 6.07) is 7.91. The molecule has 0 saturated carbocycles. The minimum Gasteiger partial charge on any atom is -0.481 e. The molecule has 2 unspecified atom stereocenters. The molecule has 2 rings (SSSR count). The molecule has 6 heteroatoms. The lowest BCUT2D eigenvalue weighted by Gasteiger charge is -2.26. The molecule has 6 nitrogen and oxygen atoms in total. The van der Waals surface area contributed by atoms with Crippen molar-refractivity contribution in [2.45, 2.75) is 18.9 Å². The molecular weight excluding hydrogens is 272 g/mol. The normalized spacial score (nSPS) is 18.2. The van der Waals surface area contributed by atoms with Gasteiger partial charge in [0.1, 0.15) is 0 Å². The maximum absolute atomic E-state index is 12.2. The lowest BCUT2D eigenvalue weighted by atomic mass is 9.93. The van der Waals surface area contributed by atoms with E-state index in [1.807, 2.05) is 24.3 Å². The second kappa shape index (κ2) is 7.08. The number of hydrogen-bond acceptors (Lipinski definition) is 4. The Morgan fingerprint density at radius 3 is 2.95 bits per heavy atom. The molecule has 1 heterocycles. The molecule has 3 N–H and O–H groups in total. The van der Waals surface area contributed by atoms with Gasteiger partial charge in [0.15, 0.2) is 0 Å². The molecule has 0 spiro atoms. The van der Waals surface area contributed by atoms with E-state index in [9.17, 15) is 9.59 Å². The fraction of sp³-hybridized carbons (Fsp3) is 0.467. The van der Waals surface area contributed by atoms with Crippen LogP contribution < -0.4 is 10.6 Å². The Balaban J connectivity index is 1.86. The first-order valence-corrected chi connectivity index (χ1v) is 6.94. The van der Waals surface area contributed by atoms with E-state index in [1.165, 1.54) is 7.11 Å². The number of hydrogen-bond donors (Lipinski definition) is 3. The van der Waals surface area contributed by atoms with E-state index in [2.05, 4.69) is 10.6 Å². The van der Waals surface area contributed by atoms with Crippen LogP contribution >= 0.6 is 0 Å². The second-order valence-corrected chi connectivity index (χ2v) is 5.14. The van der Waals surface area contributed by atoms with Gasteiger partial charge in [-0.1, -0.05) is 18.2 Å². The van der Waals surface area contributed by atoms with Gasteiger partial charge < -0.3 is 20.5 Å². The number of carbonyl (C=O) groups is 2. The summed E-state index contributed by atoms with van der Waals surface area (Å²) in [6.07, 6.45) is 0.0592. The lowest BCUT2D eigenvalue weighted by molar-refractivity contribution is -0.140. The summed E-state index contributed by atoms with van der Waals surface area (Å²) < 4.78 is 5.04. The van der Waals surface area contributed by atoms with Gasteiger partial charge >= 0.3 is 5.97 Å². The summed E-state index contributed by atoms with van der Waals surface area (Å²) in [5, 5.41) is 14.7. The molecule has 0 aliphatic carbocycles. The molecule has 1 aromatic rings. The van der Waals surface area contributed by atoms with Crippen molar-refractivity contribution in [1.82, 2.24) is 5.32 Å². The predicted molar refractivity (Wildman–Crippen MR) is 78.2 cm³/mol. The van der Waals surface area contributed by atoms with Gasteiger partial charge in [0.25, 0.3) is 0 Å². The third kappa shape index (κ3) is 4.19. The van der Waals surface area contributed by atoms with Crippen molar-refractivity contribution < 1.29 is 19.4 Å². The minimum atomic E-state index is -0.940. The van der Waals surface area contributed by atoms with Crippen LogP contribution in [0, 0.1) is 5.92 Å². The highest BCUT2D eigenvalue weighted by Gasteiger charge is 2.24. The topological polar surface area (TPSA) is 87.7 Å². The first-order valence-electron chi connectivity index (χ1n) is 6.94. The molecule has 0 radical (unpaired) electrons. The van der Waals surface area contributed by atoms with Crippen LogP contribution in [0.15, 0.2) is 24.3 Å². The van der Waals surface area contributed by atoms with Crippen LogP contribution in [0.2, 0.25) is 0 Å². The SMILES string of the molecule is COC(CNC(=O)C1CNc2ccccc2C1)CC(=O)O. The number of methoxy groups -OCH3 is 1. The number of carboxylic acid groups (broad SMARTS) is 1. The molecule has 0 bridgehead atoms. The number of rotatable bonds is 6. The number of aliphatic carboxylic acids is 1. The monoisotopic (exact) mass is 292 g/mol. The van der Waals surface area contributed by atoms with E-state index in [1.54, 1.807) is 0 Å². The van der Waals surface area contributed by atoms with Crippen molar-refractivity contribution in [2.24, 2.45) is 5.92 Å². The van der Waals surface area contributed by atoms with E-state index in [0.717, 1.165) is 11.3 Å². The number of carboxylic acids is 1. The van der Waals surface area contributed by atoms with E-state index in [4.69, 9.17) is 9.84 Å². The number of amides is 1. The lowest BCUT2D eigenvalue weighted by Crippen LogP contribution is -2.42. The van der Waals surface area contributed by atoms with Crippen molar-refractivity contribution in [1.29, 1.82) is 0 Å². The number of anilines is 1. The molecule has 0 saturated heterocycles. The maximum atomic E-state index is 12.2. The van der Waals surface area contributed by atoms with Crippen LogP contribution in [0.3, 0.4) is 0 Å². The van der Waals surface area contributed by atoms with Crippen LogP contribution in [0.25, 0.3) is 0 Å². The zero-order chi connectivity index (χ0) is 15.2. The summed E-state index contributed by atoms with van der Waals surface area (Å²) in [5.74, 6) is -1.17. The van der Waals surface area contributed by atoms with E-state index in [-0.39, 0.29) is 24.8 Å². The van der Waals surface area contributed by atoms with Gasteiger partial charge in [0.2, 0.25) is 5.91 Å². The summed E-state index contributed by atoms with van der Waals surface area (Å²) in [5.41, 5.74) is 2.19. The summed E-state index contributed by atoms with van der Waals surface area (Å²) in [7, 11) is 1.44. The first-order chi connectivity index (χ1) is 10.1. The molecule has 1 aliphatic heterocycles. The van der Waals surface area contributed by atoms with Crippen molar-refractivity contribution in [3.05, 3.63) is 29.8 Å². The number of nitrogens with one attached hydrogen (secondary N) is 2. The van der Waals surface area contributed by atoms with Gasteiger partial charge in [-0.15, -0.1) is 0 Å². The number of para-hydroxylation sites is 1. The first kappa shape index (κ1) is 15.3. The van der Waals surface area contributed by atoms with Crippen LogP contribution in [0.4, 0.5) is 5.69 Å². The molecule has 114 valence electrons. The van der Waals surface area contributed by atoms with Crippen molar-refractivity contribution >= 4 is 17.6 Å². The van der Waals surface area contributed by atoms with Gasteiger partial charge in [-0.2, -0.15) is 0 Å². The van der Waals surface area contributed by atoms with Crippen molar-refractivity contribution in [3.63, 3.8) is 0 Å². The number of carbonyl (C=O) groups excluding carboxylic acids is 1. The second-order valence-electron chi connectivity index (χ2n) is 5.14. The highest BCUT2D eigenvalue weighted by molar-refractivity contribution is 5.81. The zero-order valence-electron chi connectivity index (χ0n) is 12.0. The number of ether oxygens (including phenoxy) is 1. The van der Waals surface area contributed by atoms with Crippen molar-refractivity contribution in [2.75, 3.05) is 25.5 Å². The van der Waals surface area contributed by atoms with Gasteiger partial charge in [0, 0.05) is 25.9 Å². The van der Waals surface area contributed by atoms with Crippen LogP contribution in [0.5, 0.6) is 0 Å². The van der Waals surface area contributed by atoms with Crippen LogP contribution in [0.1, 0.15) is 12.0 Å². The molecule has 1 aliphatic rings. The third-order valence-electron chi connectivity index (χ3n) is 3.63. The Morgan fingerprint density at radius 1 is 1.48 bits per heavy atom. The molecule has 1 amide bonds. The molecule has 2 atom stereocenters. The molecular formula is C15H20N2O4. The van der Waals surface area contributed by atoms with E-state index in [0.29, 0.717) is 13.0 Å². The van der Waals surface area contributed by atoms with E-state index < -0.39 is 12.1 Å². The average molecular weight is 292 g/mol. The highest BCUT2D eigenvalue weighted by atomic mass is 16.5. The predicted octanol–water partition coefficient (Wildman–Crippen LogP) is 0.877. The van der Waals surface area contributed by atoms with Crippen LogP contribution in [-0.2, 0) is 20.7 Å². The smallest absolute Gasteiger partial charge is 0.306 e. The van der Waals surface area contributed by atoms with Gasteiger partial charge in [0.05, 0.1) is 18.4 Å². The molecule has 0 fully saturated rings. The van der Waals surface area contributed by atoms with Gasteiger partial charge in [-0.3, -0.25) is 9.59 Å². The number of fused-ring (bicyclic) bond motifs is 1. The number of benzene rings is 1. The van der Waals surface area contributed by atoms with E-state index >= 15 is 0 Å². The summed E-state index contributed by atoms with van der Waals surface area (Å²) in [4.78, 5) is 22.8. The third-order valence-corrected chi connectivity index (χ3v) is 3.63. The van der Waals surface area contributed by atoms with Gasteiger partial charge in [-0.05, 0) is 18.1 Å². The van der Waals surface area contributed by atoms with Gasteiger partial charge in [-0.25, -0.2) is 0 Å². The Hall–Kier alpha value is -2.08. The Labute approximate surface area is 123 Å². The molecule has 21 heavy (non-hydrogen) atoms. The Bertz CT molecular complexity index is 518. The molecule has 0 aromatic heterocycles. The highest BCUT2D eigenvalue weighted by Crippen LogP contribution is 2.24. The Kier molecular flexibility index (Phi) is 5.16. The fourth-order valence-corrected chi connectivity index (χ4v) is 2.42. The quantitative estimate of drug-likeness (QED) is 0.724. The molecule has 1 aromatic carbocycles. The fourth-order valence-electron chi connectivity index (χ4n) is 2.42. The summed E-state index contributed by atoms with van der Waals surface area (Å²) >= 11 is 0. The standard InChI is InChI=1S/C15H20N2O4/c1-21-12(7-14(18)19)9-17-15(20)11-6-10-4-2-3-5-13(10)16-8-11/h2-5,11-12,16H,6-9H2,1H3,(H,17,20)(H,18,19). The average Bonchev–Trinajstić information content (AvgIpc) is 2.50. The Morgan fingerprint density at radius 2 is 2.24 bits per heavy atom. The minimum absolute atomic E-state index is 0.0792. The summed E-state index contributed by atoms with van der Waals surface area (Å²) in [6.45, 7) is 0.791. The maximum Gasteiger partial charge on any atom is 0.306 e. The van der Waals surface area contributed by atoms with Crippen LogP contribution in [-0.4, -0.2) is 43.3 Å². The zero-order valence-corrected chi connectivity index (χ0v) is 12.0. The van der Waals surface area contributed by atoms with Crippen molar-refractivity contribution in [3.8, 4) is 0 Å².